The number of benzene rings is 1. The molecule has 6 nitrogen and oxygen atoms in total. The van der Waals surface area contributed by atoms with Crippen LogP contribution >= 0.6 is 0 Å². The Kier molecular flexibility index (Phi) is 5.16. The quantitative estimate of drug-likeness (QED) is 0.860. The van der Waals surface area contributed by atoms with E-state index in [9.17, 15) is 9.59 Å². The number of carboxylic acid groups (broad SMARTS) is 1. The zero-order chi connectivity index (χ0) is 15.2. The number of rotatable bonds is 6. The molecule has 1 aliphatic rings. The molecule has 1 amide bonds. The number of carbonyl (C=O) groups is 2. The van der Waals surface area contributed by atoms with Crippen molar-refractivity contribution in [3.63, 3.8) is 0 Å². The van der Waals surface area contributed by atoms with Crippen LogP contribution in [0.4, 0.5) is 0 Å². The van der Waals surface area contributed by atoms with Gasteiger partial charge in [-0.2, -0.15) is 0 Å². The lowest BCUT2D eigenvalue weighted by atomic mass is 10.1. The minimum atomic E-state index is -1.01. The van der Waals surface area contributed by atoms with Crippen LogP contribution < -0.4 is 4.74 Å². The summed E-state index contributed by atoms with van der Waals surface area (Å²) >= 11 is 0. The number of hydrogen-bond donors (Lipinski definition) is 1. The van der Waals surface area contributed by atoms with Crippen molar-refractivity contribution in [2.45, 2.75) is 26.3 Å². The van der Waals surface area contributed by atoms with Gasteiger partial charge in [0.1, 0.15) is 5.75 Å². The highest BCUT2D eigenvalue weighted by atomic mass is 16.5. The SMILES string of the molecule is CCN1CCCC(=O)N1Cc1cccc(OCC(=O)O)c1. The van der Waals surface area contributed by atoms with Gasteiger partial charge >= 0.3 is 5.97 Å². The van der Waals surface area contributed by atoms with Crippen molar-refractivity contribution in [2.75, 3.05) is 19.7 Å². The number of hydrazine groups is 1. The molecule has 0 atom stereocenters. The lowest BCUT2D eigenvalue weighted by Gasteiger charge is -2.38. The first-order valence-electron chi connectivity index (χ1n) is 7.09. The third-order valence-electron chi connectivity index (χ3n) is 3.39. The Labute approximate surface area is 123 Å². The van der Waals surface area contributed by atoms with Gasteiger partial charge in [0, 0.05) is 19.5 Å². The third-order valence-corrected chi connectivity index (χ3v) is 3.39. The highest BCUT2D eigenvalue weighted by molar-refractivity contribution is 5.76. The van der Waals surface area contributed by atoms with Crippen LogP contribution in [0.1, 0.15) is 25.3 Å². The second-order valence-corrected chi connectivity index (χ2v) is 4.93. The summed E-state index contributed by atoms with van der Waals surface area (Å²) in [6.45, 7) is 3.82. The van der Waals surface area contributed by atoms with E-state index in [1.807, 2.05) is 18.0 Å². The van der Waals surface area contributed by atoms with Gasteiger partial charge in [0.2, 0.25) is 5.91 Å². The molecule has 0 spiro atoms. The average Bonchev–Trinajstić information content (AvgIpc) is 2.47. The van der Waals surface area contributed by atoms with E-state index in [0.717, 1.165) is 25.1 Å². The second kappa shape index (κ2) is 7.08. The Bertz CT molecular complexity index is 518. The molecule has 0 unspecified atom stereocenters. The van der Waals surface area contributed by atoms with Crippen LogP contribution in [0.2, 0.25) is 0 Å². The van der Waals surface area contributed by atoms with Crippen molar-refractivity contribution in [3.8, 4) is 5.75 Å². The van der Waals surface area contributed by atoms with E-state index in [1.165, 1.54) is 0 Å². The molecule has 0 saturated carbocycles. The summed E-state index contributed by atoms with van der Waals surface area (Å²) < 4.78 is 5.16. The number of hydrogen-bond acceptors (Lipinski definition) is 4. The molecule has 114 valence electrons. The minimum absolute atomic E-state index is 0.125. The van der Waals surface area contributed by atoms with Crippen LogP contribution in [0.15, 0.2) is 24.3 Å². The van der Waals surface area contributed by atoms with Gasteiger partial charge < -0.3 is 9.84 Å². The van der Waals surface area contributed by atoms with Gasteiger partial charge in [-0.3, -0.25) is 9.80 Å². The lowest BCUT2D eigenvalue weighted by molar-refractivity contribution is -0.156. The van der Waals surface area contributed by atoms with Gasteiger partial charge in [0.25, 0.3) is 0 Å². The maximum atomic E-state index is 12.0. The van der Waals surface area contributed by atoms with Crippen LogP contribution in [0.5, 0.6) is 5.75 Å². The molecule has 0 radical (unpaired) electrons. The predicted octanol–water partition coefficient (Wildman–Crippen LogP) is 1.51. The molecule has 0 bridgehead atoms. The highest BCUT2D eigenvalue weighted by Crippen LogP contribution is 2.19. The first-order valence-corrected chi connectivity index (χ1v) is 7.09. The molecule has 6 heteroatoms. The maximum absolute atomic E-state index is 12.0. The van der Waals surface area contributed by atoms with Gasteiger partial charge in [0.15, 0.2) is 6.61 Å². The number of ether oxygens (including phenoxy) is 1. The van der Waals surface area contributed by atoms with E-state index in [1.54, 1.807) is 23.2 Å². The van der Waals surface area contributed by atoms with Gasteiger partial charge in [-0.15, -0.1) is 0 Å². The van der Waals surface area contributed by atoms with Crippen LogP contribution in [0.3, 0.4) is 0 Å². The Hall–Kier alpha value is -2.08. The smallest absolute Gasteiger partial charge is 0.341 e. The van der Waals surface area contributed by atoms with Crippen molar-refractivity contribution in [1.29, 1.82) is 0 Å². The number of carbonyl (C=O) groups excluding carboxylic acids is 1. The van der Waals surface area contributed by atoms with Crippen molar-refractivity contribution < 1.29 is 19.4 Å². The van der Waals surface area contributed by atoms with E-state index in [0.29, 0.717) is 18.7 Å². The highest BCUT2D eigenvalue weighted by Gasteiger charge is 2.24. The molecule has 2 rings (SSSR count). The van der Waals surface area contributed by atoms with Crippen LogP contribution in [0.25, 0.3) is 0 Å². The summed E-state index contributed by atoms with van der Waals surface area (Å²) in [5, 5.41) is 12.4. The number of carboxylic acids is 1. The summed E-state index contributed by atoms with van der Waals surface area (Å²) in [5.74, 6) is -0.383. The maximum Gasteiger partial charge on any atom is 0.341 e. The van der Waals surface area contributed by atoms with Gasteiger partial charge in [0.05, 0.1) is 6.54 Å². The van der Waals surface area contributed by atoms with E-state index in [2.05, 4.69) is 0 Å². The van der Waals surface area contributed by atoms with Gasteiger partial charge in [-0.25, -0.2) is 9.80 Å². The molecule has 1 fully saturated rings. The summed E-state index contributed by atoms with van der Waals surface area (Å²) in [6.07, 6.45) is 1.47. The molecule has 1 aromatic carbocycles. The summed E-state index contributed by atoms with van der Waals surface area (Å²) in [4.78, 5) is 22.6. The van der Waals surface area contributed by atoms with Crippen molar-refractivity contribution in [2.24, 2.45) is 0 Å². The van der Waals surface area contributed by atoms with E-state index >= 15 is 0 Å². The third kappa shape index (κ3) is 4.19. The molecule has 0 aromatic heterocycles. The predicted molar refractivity (Wildman–Crippen MR) is 76.6 cm³/mol. The summed E-state index contributed by atoms with van der Waals surface area (Å²) in [5.41, 5.74) is 0.923. The van der Waals surface area contributed by atoms with Crippen LogP contribution in [-0.4, -0.2) is 46.7 Å². The van der Waals surface area contributed by atoms with E-state index in [4.69, 9.17) is 9.84 Å². The fraction of sp³-hybridized carbons (Fsp3) is 0.467. The zero-order valence-corrected chi connectivity index (χ0v) is 12.1. The number of aliphatic carboxylic acids is 1. The first kappa shape index (κ1) is 15.3. The summed E-state index contributed by atoms with van der Waals surface area (Å²) in [6, 6.07) is 7.20. The molecule has 1 N–H and O–H groups in total. The van der Waals surface area contributed by atoms with Crippen molar-refractivity contribution in [1.82, 2.24) is 10.0 Å². The van der Waals surface area contributed by atoms with E-state index < -0.39 is 5.97 Å². The Morgan fingerprint density at radius 2 is 2.24 bits per heavy atom. The fourth-order valence-electron chi connectivity index (χ4n) is 2.39. The first-order chi connectivity index (χ1) is 10.1. The van der Waals surface area contributed by atoms with E-state index in [-0.39, 0.29) is 12.5 Å². The number of amides is 1. The average molecular weight is 292 g/mol. The monoisotopic (exact) mass is 292 g/mol. The van der Waals surface area contributed by atoms with Crippen LogP contribution in [0, 0.1) is 0 Å². The Morgan fingerprint density at radius 1 is 1.43 bits per heavy atom. The van der Waals surface area contributed by atoms with Gasteiger partial charge in [-0.1, -0.05) is 19.1 Å². The fourth-order valence-corrected chi connectivity index (χ4v) is 2.39. The number of nitrogens with zero attached hydrogens (tertiary/aromatic N) is 2. The molecule has 1 heterocycles. The molecular weight excluding hydrogens is 272 g/mol. The van der Waals surface area contributed by atoms with Gasteiger partial charge in [-0.05, 0) is 24.1 Å². The van der Waals surface area contributed by atoms with Crippen molar-refractivity contribution >= 4 is 11.9 Å². The largest absolute Gasteiger partial charge is 0.482 e. The summed E-state index contributed by atoms with van der Waals surface area (Å²) in [7, 11) is 0. The molecular formula is C15H20N2O4. The zero-order valence-electron chi connectivity index (χ0n) is 12.1. The molecule has 0 aliphatic carbocycles. The molecule has 1 aromatic rings. The lowest BCUT2D eigenvalue weighted by Crippen LogP contribution is -2.49. The Balaban J connectivity index is 2.05. The molecule has 21 heavy (non-hydrogen) atoms. The van der Waals surface area contributed by atoms with Crippen LogP contribution in [-0.2, 0) is 16.1 Å². The molecule has 1 aliphatic heterocycles. The second-order valence-electron chi connectivity index (χ2n) is 4.93. The molecule has 1 saturated heterocycles. The normalized spacial score (nSPS) is 16.0. The van der Waals surface area contributed by atoms with Crippen molar-refractivity contribution in [3.05, 3.63) is 29.8 Å². The standard InChI is InChI=1S/C15H20N2O4/c1-2-16-8-4-7-14(18)17(16)10-12-5-3-6-13(9-12)21-11-15(19)20/h3,5-6,9H,2,4,7-8,10-11H2,1H3,(H,19,20). The Morgan fingerprint density at radius 3 is 2.95 bits per heavy atom. The minimum Gasteiger partial charge on any atom is -0.482 e. The topological polar surface area (TPSA) is 70.1 Å².